The molecule has 2 heterocycles. The Hall–Kier alpha value is 0.1000. The van der Waals surface area contributed by atoms with Crippen LogP contribution >= 0.6 is 27.3 Å². The lowest BCUT2D eigenvalue weighted by molar-refractivity contribution is 0.165. The van der Waals surface area contributed by atoms with Crippen molar-refractivity contribution in [2.45, 2.75) is 39.3 Å². The van der Waals surface area contributed by atoms with E-state index < -0.39 is 0 Å². The van der Waals surface area contributed by atoms with E-state index >= 15 is 0 Å². The lowest BCUT2D eigenvalue weighted by Gasteiger charge is -2.33. The van der Waals surface area contributed by atoms with E-state index in [1.165, 1.54) is 41.8 Å². The quantitative estimate of drug-likeness (QED) is 0.885. The number of likely N-dealkylation sites (tertiary alicyclic amines) is 1. The van der Waals surface area contributed by atoms with E-state index in [1.54, 1.807) is 0 Å². The van der Waals surface area contributed by atoms with E-state index in [1.807, 2.05) is 11.3 Å². The summed E-state index contributed by atoms with van der Waals surface area (Å²) in [6.45, 7) is 9.24. The Morgan fingerprint density at radius 1 is 1.56 bits per heavy atom. The van der Waals surface area contributed by atoms with Crippen LogP contribution in [0, 0.1) is 5.92 Å². The molecule has 0 bridgehead atoms. The normalized spacial score (nSPS) is 21.7. The zero-order valence-corrected chi connectivity index (χ0v) is 13.7. The van der Waals surface area contributed by atoms with Crippen LogP contribution in [0.25, 0.3) is 0 Å². The summed E-state index contributed by atoms with van der Waals surface area (Å²) < 4.78 is 1.22. The molecule has 2 rings (SSSR count). The van der Waals surface area contributed by atoms with Crippen molar-refractivity contribution >= 4 is 27.3 Å². The van der Waals surface area contributed by atoms with Gasteiger partial charge in [0.1, 0.15) is 0 Å². The molecule has 0 radical (unpaired) electrons. The molecule has 0 aromatic carbocycles. The van der Waals surface area contributed by atoms with Crippen LogP contribution in [-0.4, -0.2) is 30.6 Å². The molecule has 0 spiro atoms. The maximum atomic E-state index is 3.57. The molecule has 0 aliphatic carbocycles. The number of hydrogen-bond acceptors (Lipinski definition) is 3. The summed E-state index contributed by atoms with van der Waals surface area (Å²) in [5.74, 6) is 0.824. The highest BCUT2D eigenvalue weighted by atomic mass is 79.9. The summed E-state index contributed by atoms with van der Waals surface area (Å²) >= 11 is 5.39. The number of halogens is 1. The van der Waals surface area contributed by atoms with Gasteiger partial charge in [-0.05, 0) is 53.8 Å². The highest BCUT2D eigenvalue weighted by molar-refractivity contribution is 9.10. The summed E-state index contributed by atoms with van der Waals surface area (Å²) in [5, 5.41) is 5.75. The standard InChI is InChI=1S/C14H23BrN2S/c1-11(2)16-7-12-4-3-5-17(8-12)9-14-6-13(15)10-18-14/h6,10-12,16H,3-5,7-9H2,1-2H3. The van der Waals surface area contributed by atoms with Gasteiger partial charge in [0.2, 0.25) is 0 Å². The summed E-state index contributed by atoms with van der Waals surface area (Å²) in [5.41, 5.74) is 0. The second-order valence-electron chi connectivity index (χ2n) is 5.54. The van der Waals surface area contributed by atoms with Gasteiger partial charge in [0.05, 0.1) is 0 Å². The Morgan fingerprint density at radius 3 is 3.06 bits per heavy atom. The molecule has 2 nitrogen and oxygen atoms in total. The van der Waals surface area contributed by atoms with E-state index in [0.717, 1.165) is 12.5 Å². The Bertz CT molecular complexity index is 364. The molecule has 1 saturated heterocycles. The monoisotopic (exact) mass is 330 g/mol. The molecule has 1 fully saturated rings. The van der Waals surface area contributed by atoms with Crippen LogP contribution in [-0.2, 0) is 6.54 Å². The molecular weight excluding hydrogens is 308 g/mol. The Balaban J connectivity index is 1.79. The summed E-state index contributed by atoms with van der Waals surface area (Å²) in [4.78, 5) is 4.08. The summed E-state index contributed by atoms with van der Waals surface area (Å²) in [6, 6.07) is 2.86. The lowest BCUT2D eigenvalue weighted by Crippen LogP contribution is -2.40. The van der Waals surface area contributed by atoms with Gasteiger partial charge in [0.15, 0.2) is 0 Å². The van der Waals surface area contributed by atoms with Gasteiger partial charge in [-0.25, -0.2) is 0 Å². The first-order chi connectivity index (χ1) is 8.63. The van der Waals surface area contributed by atoms with Crippen LogP contribution in [0.5, 0.6) is 0 Å². The van der Waals surface area contributed by atoms with E-state index in [0.29, 0.717) is 6.04 Å². The summed E-state index contributed by atoms with van der Waals surface area (Å²) in [6.07, 6.45) is 2.72. The van der Waals surface area contributed by atoms with Crippen LogP contribution in [0.3, 0.4) is 0 Å². The second kappa shape index (κ2) is 7.04. The number of hydrogen-bond donors (Lipinski definition) is 1. The van der Waals surface area contributed by atoms with Crippen molar-refractivity contribution in [2.24, 2.45) is 5.92 Å². The van der Waals surface area contributed by atoms with Crippen LogP contribution in [0.2, 0.25) is 0 Å². The van der Waals surface area contributed by atoms with Gasteiger partial charge in [0, 0.05) is 33.9 Å². The Kier molecular flexibility index (Phi) is 5.67. The van der Waals surface area contributed by atoms with E-state index in [2.05, 4.69) is 51.4 Å². The van der Waals surface area contributed by atoms with Crippen molar-refractivity contribution in [3.63, 3.8) is 0 Å². The smallest absolute Gasteiger partial charge is 0.0328 e. The molecule has 1 unspecified atom stereocenters. The zero-order chi connectivity index (χ0) is 13.0. The highest BCUT2D eigenvalue weighted by Crippen LogP contribution is 2.24. The van der Waals surface area contributed by atoms with Crippen LogP contribution < -0.4 is 5.32 Å². The van der Waals surface area contributed by atoms with E-state index in [9.17, 15) is 0 Å². The third-order valence-electron chi connectivity index (χ3n) is 3.42. The number of nitrogens with one attached hydrogen (secondary N) is 1. The predicted molar refractivity (Wildman–Crippen MR) is 83.2 cm³/mol. The molecule has 1 aromatic heterocycles. The topological polar surface area (TPSA) is 15.3 Å². The third-order valence-corrected chi connectivity index (χ3v) is 5.10. The minimum Gasteiger partial charge on any atom is -0.314 e. The van der Waals surface area contributed by atoms with Crippen LogP contribution in [0.4, 0.5) is 0 Å². The molecule has 0 amide bonds. The highest BCUT2D eigenvalue weighted by Gasteiger charge is 2.20. The molecule has 1 atom stereocenters. The molecule has 1 aliphatic rings. The number of thiophene rings is 1. The number of piperidine rings is 1. The average molecular weight is 331 g/mol. The average Bonchev–Trinajstić information content (AvgIpc) is 2.73. The van der Waals surface area contributed by atoms with Crippen molar-refractivity contribution in [3.8, 4) is 0 Å². The Labute approximate surface area is 123 Å². The van der Waals surface area contributed by atoms with E-state index in [-0.39, 0.29) is 0 Å². The van der Waals surface area contributed by atoms with Gasteiger partial charge < -0.3 is 5.32 Å². The third kappa shape index (κ3) is 4.65. The first kappa shape index (κ1) is 14.5. The second-order valence-corrected chi connectivity index (χ2v) is 7.45. The van der Waals surface area contributed by atoms with Gasteiger partial charge in [-0.2, -0.15) is 0 Å². The van der Waals surface area contributed by atoms with Gasteiger partial charge in [-0.3, -0.25) is 4.90 Å². The maximum Gasteiger partial charge on any atom is 0.0328 e. The fourth-order valence-electron chi connectivity index (χ4n) is 2.52. The molecular formula is C14H23BrN2S. The molecule has 1 aliphatic heterocycles. The summed E-state index contributed by atoms with van der Waals surface area (Å²) in [7, 11) is 0. The van der Waals surface area contributed by atoms with Crippen molar-refractivity contribution in [3.05, 3.63) is 20.8 Å². The fraction of sp³-hybridized carbons (Fsp3) is 0.714. The van der Waals surface area contributed by atoms with Crippen molar-refractivity contribution in [2.75, 3.05) is 19.6 Å². The molecule has 4 heteroatoms. The van der Waals surface area contributed by atoms with Gasteiger partial charge >= 0.3 is 0 Å². The van der Waals surface area contributed by atoms with Crippen molar-refractivity contribution in [1.82, 2.24) is 10.2 Å². The fourth-order valence-corrected chi connectivity index (χ4v) is 4.01. The van der Waals surface area contributed by atoms with Crippen molar-refractivity contribution in [1.29, 1.82) is 0 Å². The first-order valence-electron chi connectivity index (χ1n) is 6.82. The lowest BCUT2D eigenvalue weighted by atomic mass is 9.97. The Morgan fingerprint density at radius 2 is 2.39 bits per heavy atom. The first-order valence-corrected chi connectivity index (χ1v) is 8.49. The molecule has 102 valence electrons. The SMILES string of the molecule is CC(C)NCC1CCCN(Cc2cc(Br)cs2)C1. The zero-order valence-electron chi connectivity index (χ0n) is 11.3. The van der Waals surface area contributed by atoms with E-state index in [4.69, 9.17) is 0 Å². The maximum absolute atomic E-state index is 3.57. The molecule has 18 heavy (non-hydrogen) atoms. The largest absolute Gasteiger partial charge is 0.314 e. The number of rotatable bonds is 5. The molecule has 0 saturated carbocycles. The molecule has 1 N–H and O–H groups in total. The minimum absolute atomic E-state index is 0.605. The van der Waals surface area contributed by atoms with Gasteiger partial charge in [-0.1, -0.05) is 13.8 Å². The molecule has 1 aromatic rings. The van der Waals surface area contributed by atoms with Crippen LogP contribution in [0.15, 0.2) is 15.9 Å². The van der Waals surface area contributed by atoms with Gasteiger partial charge in [0.25, 0.3) is 0 Å². The van der Waals surface area contributed by atoms with Crippen LogP contribution in [0.1, 0.15) is 31.6 Å². The van der Waals surface area contributed by atoms with Gasteiger partial charge in [-0.15, -0.1) is 11.3 Å². The van der Waals surface area contributed by atoms with Crippen molar-refractivity contribution < 1.29 is 0 Å². The minimum atomic E-state index is 0.605. The predicted octanol–water partition coefficient (Wildman–Crippen LogP) is 3.72. The number of nitrogens with zero attached hydrogens (tertiary/aromatic N) is 1.